The van der Waals surface area contributed by atoms with Crippen LogP contribution < -0.4 is 10.2 Å². The number of rotatable bonds is 5. The minimum Gasteiger partial charge on any atom is -0.350 e. The number of amides is 2. The normalized spacial score (nSPS) is 14.2. The first-order valence-corrected chi connectivity index (χ1v) is 8.19. The minimum atomic E-state index is -0.288. The maximum absolute atomic E-state index is 12.3. The van der Waals surface area contributed by atoms with Crippen LogP contribution in [0, 0.1) is 0 Å². The summed E-state index contributed by atoms with van der Waals surface area (Å²) in [6.07, 6.45) is 4.93. The number of carbonyl (C=O) groups is 2. The van der Waals surface area contributed by atoms with E-state index >= 15 is 0 Å². The van der Waals surface area contributed by atoms with Crippen molar-refractivity contribution in [2.45, 2.75) is 13.0 Å². The van der Waals surface area contributed by atoms with Gasteiger partial charge >= 0.3 is 0 Å². The largest absolute Gasteiger partial charge is 0.350 e. The van der Waals surface area contributed by atoms with Crippen molar-refractivity contribution < 1.29 is 9.59 Å². The second-order valence-electron chi connectivity index (χ2n) is 5.69. The fourth-order valence-electron chi connectivity index (χ4n) is 2.61. The summed E-state index contributed by atoms with van der Waals surface area (Å²) in [5, 5.41) is 2.72. The Morgan fingerprint density at radius 1 is 0.960 bits per heavy atom. The Kier molecular flexibility index (Phi) is 5.50. The third kappa shape index (κ3) is 4.72. The molecular formula is C17H20N6O2. The Balaban J connectivity index is 1.42. The molecule has 0 atom stereocenters. The molecule has 2 amide bonds. The summed E-state index contributed by atoms with van der Waals surface area (Å²) >= 11 is 0. The molecule has 0 radical (unpaired) electrons. The number of piperazine rings is 1. The lowest BCUT2D eigenvalue weighted by molar-refractivity contribution is -0.136. The van der Waals surface area contributed by atoms with Crippen molar-refractivity contribution in [1.29, 1.82) is 0 Å². The molecule has 2 aromatic rings. The lowest BCUT2D eigenvalue weighted by Crippen LogP contribution is -2.50. The first-order valence-electron chi connectivity index (χ1n) is 8.19. The monoisotopic (exact) mass is 340 g/mol. The van der Waals surface area contributed by atoms with Crippen molar-refractivity contribution >= 4 is 17.8 Å². The number of aromatic nitrogens is 3. The Hall–Kier alpha value is -3.03. The Labute approximate surface area is 145 Å². The van der Waals surface area contributed by atoms with Gasteiger partial charge in [0, 0.05) is 44.8 Å². The summed E-state index contributed by atoms with van der Waals surface area (Å²) in [4.78, 5) is 40.5. The van der Waals surface area contributed by atoms with Crippen LogP contribution >= 0.6 is 0 Å². The van der Waals surface area contributed by atoms with E-state index in [1.54, 1.807) is 29.6 Å². The van der Waals surface area contributed by atoms with Gasteiger partial charge in [-0.1, -0.05) is 6.07 Å². The molecule has 0 bridgehead atoms. The molecule has 1 aliphatic rings. The highest BCUT2D eigenvalue weighted by Crippen LogP contribution is 2.10. The number of pyridine rings is 1. The van der Waals surface area contributed by atoms with Gasteiger partial charge in [0.15, 0.2) is 0 Å². The average Bonchev–Trinajstić information content (AvgIpc) is 2.68. The lowest BCUT2D eigenvalue weighted by Gasteiger charge is -2.34. The van der Waals surface area contributed by atoms with Crippen molar-refractivity contribution in [3.05, 3.63) is 48.5 Å². The van der Waals surface area contributed by atoms with E-state index in [-0.39, 0.29) is 18.2 Å². The number of carbonyl (C=O) groups excluding carboxylic acids is 2. The van der Waals surface area contributed by atoms with Crippen LogP contribution in [0.5, 0.6) is 0 Å². The summed E-state index contributed by atoms with van der Waals surface area (Å²) in [5.74, 6) is 0.222. The topological polar surface area (TPSA) is 91.3 Å². The Morgan fingerprint density at radius 3 is 2.36 bits per heavy atom. The summed E-state index contributed by atoms with van der Waals surface area (Å²) < 4.78 is 0. The van der Waals surface area contributed by atoms with Crippen LogP contribution in [0.25, 0.3) is 0 Å². The molecule has 0 spiro atoms. The number of nitrogens with zero attached hydrogens (tertiary/aromatic N) is 5. The van der Waals surface area contributed by atoms with E-state index in [1.165, 1.54) is 0 Å². The standard InChI is InChI=1S/C17H20N6O2/c24-15(21-13-14-4-1-2-5-18-14)12-16(25)22-8-10-23(11-9-22)17-19-6-3-7-20-17/h1-7H,8-13H2,(H,21,24). The van der Waals surface area contributed by atoms with E-state index < -0.39 is 0 Å². The van der Waals surface area contributed by atoms with E-state index in [1.807, 2.05) is 23.1 Å². The molecule has 130 valence electrons. The zero-order valence-corrected chi connectivity index (χ0v) is 13.8. The Morgan fingerprint density at radius 2 is 1.68 bits per heavy atom. The van der Waals surface area contributed by atoms with Crippen LogP contribution in [0.3, 0.4) is 0 Å². The average molecular weight is 340 g/mol. The molecule has 1 saturated heterocycles. The first kappa shape index (κ1) is 16.8. The molecule has 25 heavy (non-hydrogen) atoms. The van der Waals surface area contributed by atoms with Gasteiger partial charge in [-0.3, -0.25) is 14.6 Å². The molecule has 3 heterocycles. The van der Waals surface area contributed by atoms with Gasteiger partial charge in [-0.15, -0.1) is 0 Å². The molecule has 8 heteroatoms. The zero-order chi connectivity index (χ0) is 17.5. The second-order valence-corrected chi connectivity index (χ2v) is 5.69. The molecule has 1 aliphatic heterocycles. The fourth-order valence-corrected chi connectivity index (χ4v) is 2.61. The van der Waals surface area contributed by atoms with Crippen molar-refractivity contribution in [2.75, 3.05) is 31.1 Å². The highest BCUT2D eigenvalue weighted by atomic mass is 16.2. The zero-order valence-electron chi connectivity index (χ0n) is 13.8. The van der Waals surface area contributed by atoms with Gasteiger partial charge in [-0.2, -0.15) is 0 Å². The summed E-state index contributed by atoms with van der Waals surface area (Å²) in [6.45, 7) is 2.76. The van der Waals surface area contributed by atoms with Gasteiger partial charge in [0.05, 0.1) is 12.2 Å². The van der Waals surface area contributed by atoms with Crippen LogP contribution in [0.2, 0.25) is 0 Å². The van der Waals surface area contributed by atoms with Crippen LogP contribution in [-0.4, -0.2) is 57.8 Å². The van der Waals surface area contributed by atoms with Gasteiger partial charge in [-0.05, 0) is 18.2 Å². The van der Waals surface area contributed by atoms with E-state index in [9.17, 15) is 9.59 Å². The van der Waals surface area contributed by atoms with E-state index in [0.29, 0.717) is 38.7 Å². The van der Waals surface area contributed by atoms with Gasteiger partial charge in [-0.25, -0.2) is 9.97 Å². The first-order chi connectivity index (χ1) is 12.2. The molecule has 1 N–H and O–H groups in total. The maximum Gasteiger partial charge on any atom is 0.232 e. The molecule has 0 aromatic carbocycles. The van der Waals surface area contributed by atoms with E-state index in [4.69, 9.17) is 0 Å². The van der Waals surface area contributed by atoms with Crippen LogP contribution in [0.4, 0.5) is 5.95 Å². The number of hydrogen-bond donors (Lipinski definition) is 1. The fraction of sp³-hybridized carbons (Fsp3) is 0.353. The molecule has 3 rings (SSSR count). The third-order valence-electron chi connectivity index (χ3n) is 3.97. The lowest BCUT2D eigenvalue weighted by atomic mass is 10.2. The molecule has 2 aromatic heterocycles. The third-order valence-corrected chi connectivity index (χ3v) is 3.97. The highest BCUT2D eigenvalue weighted by molar-refractivity contribution is 5.96. The highest BCUT2D eigenvalue weighted by Gasteiger charge is 2.23. The number of anilines is 1. The minimum absolute atomic E-state index is 0.144. The maximum atomic E-state index is 12.3. The summed E-state index contributed by atoms with van der Waals surface area (Å²) in [5.41, 5.74) is 0.764. The molecular weight excluding hydrogens is 320 g/mol. The summed E-state index contributed by atoms with van der Waals surface area (Å²) in [7, 11) is 0. The van der Waals surface area contributed by atoms with E-state index in [2.05, 4.69) is 20.3 Å². The van der Waals surface area contributed by atoms with Crippen LogP contribution in [-0.2, 0) is 16.1 Å². The van der Waals surface area contributed by atoms with Crippen molar-refractivity contribution in [1.82, 2.24) is 25.2 Å². The van der Waals surface area contributed by atoms with Crippen molar-refractivity contribution in [3.63, 3.8) is 0 Å². The van der Waals surface area contributed by atoms with Gasteiger partial charge < -0.3 is 15.1 Å². The predicted molar refractivity (Wildman–Crippen MR) is 91.5 cm³/mol. The van der Waals surface area contributed by atoms with Gasteiger partial charge in [0.2, 0.25) is 17.8 Å². The quantitative estimate of drug-likeness (QED) is 0.784. The van der Waals surface area contributed by atoms with Crippen LogP contribution in [0.1, 0.15) is 12.1 Å². The Bertz CT molecular complexity index is 702. The van der Waals surface area contributed by atoms with Crippen molar-refractivity contribution in [2.24, 2.45) is 0 Å². The second kappa shape index (κ2) is 8.18. The number of nitrogens with one attached hydrogen (secondary N) is 1. The van der Waals surface area contributed by atoms with Crippen LogP contribution in [0.15, 0.2) is 42.9 Å². The van der Waals surface area contributed by atoms with Gasteiger partial charge in [0.25, 0.3) is 0 Å². The van der Waals surface area contributed by atoms with Crippen molar-refractivity contribution in [3.8, 4) is 0 Å². The molecule has 1 fully saturated rings. The predicted octanol–water partition coefficient (Wildman–Crippen LogP) is 0.227. The molecule has 0 unspecified atom stereocenters. The summed E-state index contributed by atoms with van der Waals surface area (Å²) in [6, 6.07) is 7.27. The SMILES string of the molecule is O=C(CC(=O)N1CCN(c2ncccn2)CC1)NCc1ccccn1. The molecule has 0 saturated carbocycles. The van der Waals surface area contributed by atoms with E-state index in [0.717, 1.165) is 5.69 Å². The number of hydrogen-bond acceptors (Lipinski definition) is 6. The smallest absolute Gasteiger partial charge is 0.232 e. The molecule has 0 aliphatic carbocycles. The van der Waals surface area contributed by atoms with Gasteiger partial charge in [0.1, 0.15) is 6.42 Å². The molecule has 8 nitrogen and oxygen atoms in total.